The number of halogens is 5. The molecule has 342 valence electrons. The summed E-state index contributed by atoms with van der Waals surface area (Å²) < 4.78 is 81.2. The number of pyridine rings is 2. The Morgan fingerprint density at radius 3 is 1.74 bits per heavy atom. The van der Waals surface area contributed by atoms with E-state index in [2.05, 4.69) is 60.9 Å². The maximum Gasteiger partial charge on any atom is 0.309 e. The van der Waals surface area contributed by atoms with Gasteiger partial charge in [-0.05, 0) is 106 Å². The minimum atomic E-state index is -2.54. The predicted molar refractivity (Wildman–Crippen MR) is 223 cm³/mol. The average Bonchev–Trinajstić information content (AvgIpc) is 4.11. The van der Waals surface area contributed by atoms with Crippen LogP contribution in [0.25, 0.3) is 45.1 Å². The summed E-state index contributed by atoms with van der Waals surface area (Å²) in [5.41, 5.74) is 1.20. The van der Waals surface area contributed by atoms with Crippen LogP contribution < -0.4 is 16.4 Å². The first-order chi connectivity index (χ1) is 31.7. The second-order valence-electron chi connectivity index (χ2n) is 19.4. The molecular formula is C44H42F5N13O4. The number of carbonyl (C=O) groups is 2. The Kier molecular flexibility index (Phi) is 8.87. The molecule has 6 heterocycles. The molecule has 6 unspecified atom stereocenters. The predicted octanol–water partition coefficient (Wildman–Crippen LogP) is 6.51. The number of hydrogen-bond donors (Lipinski definition) is 7. The van der Waals surface area contributed by atoms with Gasteiger partial charge in [0.05, 0.1) is 40.5 Å². The van der Waals surface area contributed by atoms with Gasteiger partial charge < -0.3 is 26.6 Å². The number of H-pyrrole nitrogens is 2. The quantitative estimate of drug-likeness (QED) is 0.0684. The largest absolute Gasteiger partial charge is 0.481 e. The number of fused-ring (bicyclic) bond motifs is 8. The first-order valence-corrected chi connectivity index (χ1v) is 22.3. The minimum absolute atomic E-state index is 0.0201. The number of carboxylic acids is 2. The zero-order valence-electron chi connectivity index (χ0n) is 35.0. The number of aliphatic carboxylic acids is 2. The Morgan fingerprint density at radius 1 is 0.682 bits per heavy atom. The first kappa shape index (κ1) is 41.0. The summed E-state index contributed by atoms with van der Waals surface area (Å²) >= 11 is 0. The topological polar surface area (TPSA) is 259 Å². The molecule has 66 heavy (non-hydrogen) atoms. The van der Waals surface area contributed by atoms with Crippen LogP contribution in [0.5, 0.6) is 0 Å². The monoisotopic (exact) mass is 911 g/mol. The van der Waals surface area contributed by atoms with E-state index in [1.54, 1.807) is 0 Å². The Balaban J connectivity index is 0.932. The van der Waals surface area contributed by atoms with Crippen LogP contribution >= 0.6 is 0 Å². The molecule has 0 amide bonds. The van der Waals surface area contributed by atoms with E-state index in [0.29, 0.717) is 51.4 Å². The molecule has 0 aromatic carbocycles. The van der Waals surface area contributed by atoms with E-state index < -0.39 is 93.2 Å². The number of nitrogens with two attached hydrogens (primary N) is 1. The van der Waals surface area contributed by atoms with Gasteiger partial charge in [0.1, 0.15) is 34.4 Å². The summed E-state index contributed by atoms with van der Waals surface area (Å²) in [7, 11) is 0. The zero-order valence-corrected chi connectivity index (χ0v) is 35.0. The molecule has 0 radical (unpaired) electrons. The average molecular weight is 912 g/mol. The summed E-state index contributed by atoms with van der Waals surface area (Å²) in [6.07, 6.45) is 6.72. The van der Waals surface area contributed by atoms with Gasteiger partial charge in [-0.3, -0.25) is 19.8 Å². The molecule has 14 rings (SSSR count). The lowest BCUT2D eigenvalue weighted by molar-refractivity contribution is -0.158. The Bertz CT molecular complexity index is 3020. The van der Waals surface area contributed by atoms with Gasteiger partial charge in [-0.1, -0.05) is 0 Å². The van der Waals surface area contributed by atoms with E-state index in [9.17, 15) is 28.6 Å². The van der Waals surface area contributed by atoms with Crippen molar-refractivity contribution in [2.45, 2.75) is 93.9 Å². The van der Waals surface area contributed by atoms with Crippen LogP contribution in [0, 0.1) is 64.2 Å². The maximum atomic E-state index is 18.2. The van der Waals surface area contributed by atoms with Crippen molar-refractivity contribution in [3.8, 4) is 23.0 Å². The highest BCUT2D eigenvalue weighted by molar-refractivity contribution is 5.90. The molecule has 0 saturated heterocycles. The number of anilines is 2. The third kappa shape index (κ3) is 6.11. The maximum absolute atomic E-state index is 18.2. The lowest BCUT2D eigenvalue weighted by Crippen LogP contribution is -2.59. The number of carboxylic acid groups (broad SMARTS) is 2. The molecule has 6 aromatic rings. The molecule has 17 nitrogen and oxygen atoms in total. The molecule has 4 bridgehead atoms. The van der Waals surface area contributed by atoms with Crippen molar-refractivity contribution in [1.82, 2.24) is 50.3 Å². The lowest BCUT2D eigenvalue weighted by Gasteiger charge is -2.55. The number of aromatic amines is 2. The van der Waals surface area contributed by atoms with E-state index in [1.165, 1.54) is 6.07 Å². The smallest absolute Gasteiger partial charge is 0.309 e. The molecule has 6 aromatic heterocycles. The van der Waals surface area contributed by atoms with Crippen molar-refractivity contribution >= 4 is 45.6 Å². The van der Waals surface area contributed by atoms with Crippen LogP contribution in [0.2, 0.25) is 0 Å². The molecule has 0 spiro atoms. The molecular weight excluding hydrogens is 870 g/mol. The van der Waals surface area contributed by atoms with E-state index in [-0.39, 0.29) is 93.6 Å². The van der Waals surface area contributed by atoms with Crippen LogP contribution in [0.1, 0.15) is 82.0 Å². The Labute approximate surface area is 370 Å². The van der Waals surface area contributed by atoms with Gasteiger partial charge >= 0.3 is 11.9 Å². The molecule has 8 fully saturated rings. The molecule has 0 aliphatic heterocycles. The van der Waals surface area contributed by atoms with Crippen molar-refractivity contribution < 1.29 is 41.8 Å². The number of aromatic nitrogens is 10. The van der Waals surface area contributed by atoms with E-state index in [1.807, 2.05) is 0 Å². The van der Waals surface area contributed by atoms with Crippen molar-refractivity contribution in [1.29, 1.82) is 0 Å². The molecule has 22 heteroatoms. The fourth-order valence-electron chi connectivity index (χ4n) is 12.5. The van der Waals surface area contributed by atoms with E-state index in [0.717, 1.165) is 18.5 Å². The SMILES string of the molecule is NC1(c2nc(-c3[nH]nc4ncc(F)cc34)nc(NC3C4CCC(C5CC5(F)c5nc(-c6[nH]nc7ncc(F)cc67)nc(NC6C7CCC(CC7)C6C(=O)O)c5F)(CC4)C3C(=O)O)c2F)CC1. The summed E-state index contributed by atoms with van der Waals surface area (Å²) in [6, 6.07) is 0.597. The van der Waals surface area contributed by atoms with Gasteiger partial charge in [0.15, 0.2) is 51.9 Å². The van der Waals surface area contributed by atoms with Crippen LogP contribution in [-0.2, 0) is 20.8 Å². The lowest BCUT2D eigenvalue weighted by atomic mass is 9.50. The number of alkyl halides is 1. The van der Waals surface area contributed by atoms with Crippen LogP contribution in [0.15, 0.2) is 24.5 Å². The first-order valence-electron chi connectivity index (χ1n) is 22.3. The summed E-state index contributed by atoms with van der Waals surface area (Å²) in [5.74, 6) is -10.7. The number of rotatable bonds is 11. The van der Waals surface area contributed by atoms with Crippen LogP contribution in [-0.4, -0.2) is 84.5 Å². The fraction of sp³-hybridized carbons (Fsp3) is 0.500. The van der Waals surface area contributed by atoms with Crippen molar-refractivity contribution in [2.24, 2.45) is 46.7 Å². The Morgan fingerprint density at radius 2 is 1.20 bits per heavy atom. The number of hydrogen-bond acceptors (Lipinski definition) is 13. The fourth-order valence-corrected chi connectivity index (χ4v) is 12.5. The third-order valence-corrected chi connectivity index (χ3v) is 16.0. The van der Waals surface area contributed by atoms with Gasteiger partial charge in [-0.2, -0.15) is 10.2 Å². The molecule has 8 aliphatic rings. The van der Waals surface area contributed by atoms with Crippen molar-refractivity contribution in [3.05, 3.63) is 59.2 Å². The van der Waals surface area contributed by atoms with Crippen LogP contribution in [0.4, 0.5) is 33.6 Å². The summed E-state index contributed by atoms with van der Waals surface area (Å²) in [5, 5.41) is 41.7. The highest BCUT2D eigenvalue weighted by Gasteiger charge is 2.73. The summed E-state index contributed by atoms with van der Waals surface area (Å²) in [6.45, 7) is 0. The highest BCUT2D eigenvalue weighted by atomic mass is 19.2. The number of nitrogens with one attached hydrogen (secondary N) is 4. The molecule has 6 atom stereocenters. The third-order valence-electron chi connectivity index (χ3n) is 16.0. The normalized spacial score (nSPS) is 31.6. The second kappa shape index (κ2) is 14.3. The summed E-state index contributed by atoms with van der Waals surface area (Å²) in [4.78, 5) is 52.2. The van der Waals surface area contributed by atoms with Crippen molar-refractivity contribution in [3.63, 3.8) is 0 Å². The molecule has 8 saturated carbocycles. The highest BCUT2D eigenvalue weighted by Crippen LogP contribution is 2.72. The van der Waals surface area contributed by atoms with Gasteiger partial charge in [0, 0.05) is 18.0 Å². The number of nitrogens with zero attached hydrogens (tertiary/aromatic N) is 8. The second-order valence-corrected chi connectivity index (χ2v) is 19.4. The zero-order chi connectivity index (χ0) is 45.6. The van der Waals surface area contributed by atoms with E-state index >= 15 is 13.2 Å². The van der Waals surface area contributed by atoms with E-state index in [4.69, 9.17) is 5.73 Å². The van der Waals surface area contributed by atoms with Crippen LogP contribution in [0.3, 0.4) is 0 Å². The minimum Gasteiger partial charge on any atom is -0.481 e. The standard InChI is InChI=1S/C44H42F5N13O4/c45-19-11-21-30(59-61-34(21)51-14-19)38-55-32(43(50)9-10-43)26(47)36(57-38)54-29-18-5-7-42(8-6-18,25(29)41(65)66)23-13-44(23,49)33-27(48)37(53-28-17-3-1-16(2-4-17)24(28)40(63)64)58-39(56-33)31-22-12-20(46)15-52-35(22)62-60-31/h11-12,14-18,23-25,28-29H,1-10,13,50H2,(H,63,64)(H,65,66)(H,51,59,61)(H,52,60,62)(H,53,56,58)(H,54,55,57). The Hall–Kier alpha value is -6.45. The van der Waals surface area contributed by atoms with Gasteiger partial charge in [-0.15, -0.1) is 0 Å². The molecule has 8 N–H and O–H groups in total. The van der Waals surface area contributed by atoms with Gasteiger partial charge in [0.2, 0.25) is 0 Å². The molecule has 8 aliphatic carbocycles. The van der Waals surface area contributed by atoms with Crippen molar-refractivity contribution in [2.75, 3.05) is 10.6 Å². The van der Waals surface area contributed by atoms with Gasteiger partial charge in [0.25, 0.3) is 0 Å². The van der Waals surface area contributed by atoms with Gasteiger partial charge in [-0.25, -0.2) is 51.9 Å².